The molecule has 2 aliphatic heterocycles. The van der Waals surface area contributed by atoms with E-state index in [0.29, 0.717) is 24.0 Å². The molecule has 0 aliphatic carbocycles. The van der Waals surface area contributed by atoms with Crippen molar-refractivity contribution in [3.8, 4) is 11.5 Å². The van der Waals surface area contributed by atoms with Gasteiger partial charge in [0.2, 0.25) is 29.5 Å². The van der Waals surface area contributed by atoms with Crippen LogP contribution < -0.4 is 21.7 Å². The molecule has 16 nitrogen and oxygen atoms in total. The Morgan fingerprint density at radius 3 is 1.77 bits per heavy atom. The second-order valence-electron chi connectivity index (χ2n) is 14.6. The van der Waals surface area contributed by atoms with E-state index in [4.69, 9.17) is 5.73 Å². The lowest BCUT2D eigenvalue weighted by atomic mass is 10.0. The summed E-state index contributed by atoms with van der Waals surface area (Å²) in [7, 11) is 0. The zero-order valence-electron chi connectivity index (χ0n) is 31.6. The Balaban J connectivity index is 1.27. The summed E-state index contributed by atoms with van der Waals surface area (Å²) in [5, 5.41) is 47.8. The number of aliphatic carboxylic acids is 1. The molecule has 2 fully saturated rings. The average Bonchev–Trinajstić information content (AvgIpc) is 3.89. The molecule has 0 saturated carbocycles. The summed E-state index contributed by atoms with van der Waals surface area (Å²) in [5.74, 6) is -4.57. The number of benzene rings is 3. The Kier molecular flexibility index (Phi) is 14.2. The molecule has 7 atom stereocenters. The average molecular weight is 787 g/mol. The van der Waals surface area contributed by atoms with Crippen LogP contribution in [0.2, 0.25) is 0 Å². The van der Waals surface area contributed by atoms with Gasteiger partial charge in [0.25, 0.3) is 0 Å². The Hall–Kier alpha value is -6.00. The monoisotopic (exact) mass is 786 g/mol. The molecule has 0 radical (unpaired) electrons. The molecular formula is C41H50N6O10. The lowest BCUT2D eigenvalue weighted by molar-refractivity contribution is -0.150. The zero-order valence-corrected chi connectivity index (χ0v) is 31.6. The number of likely N-dealkylation sites (tertiary alicyclic amines) is 2. The van der Waals surface area contributed by atoms with Gasteiger partial charge >= 0.3 is 5.97 Å². The lowest BCUT2D eigenvalue weighted by Gasteiger charge is -2.34. The van der Waals surface area contributed by atoms with Crippen molar-refractivity contribution in [1.29, 1.82) is 0 Å². The molecule has 2 heterocycles. The number of nitrogens with one attached hydrogen (secondary N) is 3. The second kappa shape index (κ2) is 19.2. The van der Waals surface area contributed by atoms with E-state index in [2.05, 4.69) is 16.0 Å². The van der Waals surface area contributed by atoms with E-state index < -0.39 is 77.9 Å². The fraction of sp³-hybridized carbons (Fsp3) is 0.415. The Morgan fingerprint density at radius 1 is 0.684 bits per heavy atom. The molecule has 57 heavy (non-hydrogen) atoms. The van der Waals surface area contributed by atoms with Gasteiger partial charge in [0, 0.05) is 25.9 Å². The topological polar surface area (TPSA) is 252 Å². The molecule has 16 heteroatoms. The summed E-state index contributed by atoms with van der Waals surface area (Å²) < 4.78 is 0. The first-order valence-corrected chi connectivity index (χ1v) is 19.0. The third-order valence-corrected chi connectivity index (χ3v) is 10.3. The van der Waals surface area contributed by atoms with Gasteiger partial charge in [-0.3, -0.25) is 24.0 Å². The molecule has 5 amide bonds. The van der Waals surface area contributed by atoms with Crippen LogP contribution in [0.4, 0.5) is 0 Å². The number of nitrogens with two attached hydrogens (primary N) is 1. The molecule has 3 aromatic carbocycles. The number of rotatable bonds is 16. The van der Waals surface area contributed by atoms with Gasteiger partial charge < -0.3 is 51.9 Å². The molecule has 9 N–H and O–H groups in total. The third-order valence-electron chi connectivity index (χ3n) is 10.3. The van der Waals surface area contributed by atoms with Gasteiger partial charge in [-0.15, -0.1) is 0 Å². The SMILES string of the molecule is C[C@@H](O)[C@H](NC(=O)[C@H](Cc1ccc(O)cc1)NC(=O)[C@@H](N)Cc1ccccc1)C(=O)N1CCC[C@H]1C(=O)N1CCC[C@H]1C(=O)N[C@@H](Cc1ccc(O)cc1)C(=O)O. The van der Waals surface area contributed by atoms with Crippen molar-refractivity contribution >= 4 is 35.5 Å². The Morgan fingerprint density at radius 2 is 1.21 bits per heavy atom. The summed E-state index contributed by atoms with van der Waals surface area (Å²) in [6, 6.07) is 13.9. The number of carboxylic acid groups (broad SMARTS) is 1. The maximum absolute atomic E-state index is 14.1. The van der Waals surface area contributed by atoms with Gasteiger partial charge in [0.1, 0.15) is 41.7 Å². The second-order valence-corrected chi connectivity index (χ2v) is 14.6. The molecule has 0 spiro atoms. The van der Waals surface area contributed by atoms with Crippen LogP contribution in [-0.2, 0) is 48.0 Å². The zero-order chi connectivity index (χ0) is 41.2. The number of aliphatic hydroxyl groups is 1. The van der Waals surface area contributed by atoms with Crippen molar-refractivity contribution in [2.75, 3.05) is 13.1 Å². The third kappa shape index (κ3) is 11.1. The number of carbonyl (C=O) groups is 6. The number of hydrogen-bond donors (Lipinski definition) is 8. The molecule has 5 rings (SSSR count). The minimum absolute atomic E-state index is 0.000833. The number of hydrogen-bond acceptors (Lipinski definition) is 10. The first-order valence-electron chi connectivity index (χ1n) is 19.0. The van der Waals surface area contributed by atoms with Crippen molar-refractivity contribution < 1.29 is 49.2 Å². The maximum Gasteiger partial charge on any atom is 0.326 e. The van der Waals surface area contributed by atoms with Crippen molar-refractivity contribution in [3.05, 3.63) is 95.6 Å². The largest absolute Gasteiger partial charge is 0.508 e. The van der Waals surface area contributed by atoms with Crippen LogP contribution in [0.1, 0.15) is 49.3 Å². The molecule has 3 aromatic rings. The predicted molar refractivity (Wildman–Crippen MR) is 206 cm³/mol. The lowest BCUT2D eigenvalue weighted by Crippen LogP contribution is -2.61. The number of carboxylic acids is 1. The van der Waals surface area contributed by atoms with E-state index in [0.717, 1.165) is 5.56 Å². The van der Waals surface area contributed by atoms with Gasteiger partial charge in [-0.1, -0.05) is 54.6 Å². The van der Waals surface area contributed by atoms with Crippen LogP contribution in [0.3, 0.4) is 0 Å². The number of phenols is 2. The number of carbonyl (C=O) groups excluding carboxylic acids is 5. The molecule has 304 valence electrons. The van der Waals surface area contributed by atoms with E-state index >= 15 is 0 Å². The van der Waals surface area contributed by atoms with Crippen LogP contribution in [0.25, 0.3) is 0 Å². The van der Waals surface area contributed by atoms with Crippen molar-refractivity contribution in [3.63, 3.8) is 0 Å². The van der Waals surface area contributed by atoms with Crippen LogP contribution in [-0.4, -0.2) is 121 Å². The number of phenolic OH excluding ortho intramolecular Hbond substituents is 2. The molecular weight excluding hydrogens is 736 g/mol. The van der Waals surface area contributed by atoms with Crippen LogP contribution in [0, 0.1) is 0 Å². The van der Waals surface area contributed by atoms with Crippen LogP contribution in [0.15, 0.2) is 78.9 Å². The van der Waals surface area contributed by atoms with Gasteiger partial charge in [-0.25, -0.2) is 4.79 Å². The van der Waals surface area contributed by atoms with E-state index in [9.17, 15) is 49.2 Å². The number of nitrogens with zero attached hydrogens (tertiary/aromatic N) is 2. The molecule has 0 bridgehead atoms. The van der Waals surface area contributed by atoms with Crippen molar-refractivity contribution in [1.82, 2.24) is 25.8 Å². The summed E-state index contributed by atoms with van der Waals surface area (Å²) in [4.78, 5) is 83.6. The highest BCUT2D eigenvalue weighted by molar-refractivity contribution is 5.97. The van der Waals surface area contributed by atoms with Gasteiger partial charge in [0.15, 0.2) is 0 Å². The standard InChI is InChI=1S/C41H50N6O10/c1-24(48)35(45-37(52)31(22-26-11-15-28(49)16-12-26)43-36(51)30(42)21-25-7-3-2-4-8-25)40(55)47-20-6-10-34(47)39(54)46-19-5-9-33(46)38(53)44-32(41(56)57)23-27-13-17-29(50)18-14-27/h2-4,7-8,11-18,24,30-35,48-50H,5-6,9-10,19-23,42H2,1H3,(H,43,51)(H,44,53)(H,45,52)(H,56,57)/t24-,30+,31+,32+,33+,34+,35+/m1/s1. The fourth-order valence-electron chi connectivity index (χ4n) is 7.26. The summed E-state index contributed by atoms with van der Waals surface area (Å²) in [6.07, 6.45) is 0.104. The fourth-order valence-corrected chi connectivity index (χ4v) is 7.26. The van der Waals surface area contributed by atoms with E-state index in [1.54, 1.807) is 24.3 Å². The van der Waals surface area contributed by atoms with E-state index in [1.165, 1.54) is 41.0 Å². The molecule has 0 unspecified atom stereocenters. The van der Waals surface area contributed by atoms with Gasteiger partial charge in [0.05, 0.1) is 12.1 Å². The highest BCUT2D eigenvalue weighted by atomic mass is 16.4. The molecule has 0 aromatic heterocycles. The highest BCUT2D eigenvalue weighted by Crippen LogP contribution is 2.26. The minimum Gasteiger partial charge on any atom is -0.508 e. The van der Waals surface area contributed by atoms with Gasteiger partial charge in [-0.2, -0.15) is 0 Å². The minimum atomic E-state index is -1.52. The summed E-state index contributed by atoms with van der Waals surface area (Å²) >= 11 is 0. The highest BCUT2D eigenvalue weighted by Gasteiger charge is 2.45. The maximum atomic E-state index is 14.1. The van der Waals surface area contributed by atoms with E-state index in [1.807, 2.05) is 30.3 Å². The molecule has 2 aliphatic rings. The molecule has 2 saturated heterocycles. The quantitative estimate of drug-likeness (QED) is 0.0984. The first-order chi connectivity index (χ1) is 27.2. The van der Waals surface area contributed by atoms with Crippen molar-refractivity contribution in [2.24, 2.45) is 5.73 Å². The van der Waals surface area contributed by atoms with Crippen LogP contribution in [0.5, 0.6) is 11.5 Å². The summed E-state index contributed by atoms with van der Waals surface area (Å²) in [6.45, 7) is 1.65. The van der Waals surface area contributed by atoms with Gasteiger partial charge in [-0.05, 0) is 80.0 Å². The van der Waals surface area contributed by atoms with Crippen molar-refractivity contribution in [2.45, 2.75) is 94.2 Å². The van der Waals surface area contributed by atoms with Crippen LogP contribution >= 0.6 is 0 Å². The smallest absolute Gasteiger partial charge is 0.326 e. The first kappa shape index (κ1) is 42.1. The van der Waals surface area contributed by atoms with E-state index in [-0.39, 0.29) is 56.7 Å². The number of aromatic hydroxyl groups is 2. The normalized spacial score (nSPS) is 19.1. The predicted octanol–water partition coefficient (Wildman–Crippen LogP) is 0.355. The Labute approximate surface area is 330 Å². The number of amides is 5. The summed E-state index contributed by atoms with van der Waals surface area (Å²) in [5.41, 5.74) is 8.17. The number of aliphatic hydroxyl groups excluding tert-OH is 1. The Bertz CT molecular complexity index is 1890.